The van der Waals surface area contributed by atoms with Crippen LogP contribution in [-0.4, -0.2) is 40.9 Å². The first-order valence-electron chi connectivity index (χ1n) is 6.87. The van der Waals surface area contributed by atoms with Crippen LogP contribution in [0.2, 0.25) is 5.02 Å². The largest absolute Gasteiger partial charge is 0.480 e. The second-order valence-corrected chi connectivity index (χ2v) is 5.46. The lowest BCUT2D eigenvalue weighted by Gasteiger charge is -2.19. The van der Waals surface area contributed by atoms with Crippen molar-refractivity contribution in [1.29, 1.82) is 0 Å². The van der Waals surface area contributed by atoms with E-state index in [-0.39, 0.29) is 29.0 Å². The molecule has 120 valence electrons. The Balaban J connectivity index is 3.05. The lowest BCUT2D eigenvalue weighted by Crippen LogP contribution is -2.35. The number of hydrogen-bond acceptors (Lipinski definition) is 3. The molecule has 22 heavy (non-hydrogen) atoms. The molecule has 0 aliphatic heterocycles. The number of anilines is 1. The van der Waals surface area contributed by atoms with Gasteiger partial charge in [-0.15, -0.1) is 0 Å². The topological polar surface area (TPSA) is 86.7 Å². The predicted molar refractivity (Wildman–Crippen MR) is 84.1 cm³/mol. The molecule has 0 aliphatic carbocycles. The summed E-state index contributed by atoms with van der Waals surface area (Å²) >= 11 is 6.02. The van der Waals surface area contributed by atoms with E-state index in [4.69, 9.17) is 16.7 Å². The predicted octanol–water partition coefficient (Wildman–Crippen LogP) is 2.48. The molecule has 0 bridgehead atoms. The van der Waals surface area contributed by atoms with Crippen LogP contribution in [0.4, 0.5) is 5.69 Å². The maximum absolute atomic E-state index is 12.4. The van der Waals surface area contributed by atoms with Crippen molar-refractivity contribution in [1.82, 2.24) is 4.90 Å². The molecule has 1 aromatic carbocycles. The molecule has 0 aromatic heterocycles. The molecule has 1 rings (SSSR count). The zero-order chi connectivity index (χ0) is 16.9. The van der Waals surface area contributed by atoms with Crippen molar-refractivity contribution in [3.63, 3.8) is 0 Å². The lowest BCUT2D eigenvalue weighted by atomic mass is 10.1. The molecule has 0 heterocycles. The van der Waals surface area contributed by atoms with Crippen molar-refractivity contribution >= 4 is 35.1 Å². The summed E-state index contributed by atoms with van der Waals surface area (Å²) < 4.78 is 0. The number of halogens is 1. The molecule has 0 radical (unpaired) electrons. The van der Waals surface area contributed by atoms with E-state index in [1.54, 1.807) is 26.8 Å². The summed E-state index contributed by atoms with van der Waals surface area (Å²) in [6, 6.07) is 4.54. The van der Waals surface area contributed by atoms with Gasteiger partial charge in [0, 0.05) is 18.2 Å². The first-order valence-corrected chi connectivity index (χ1v) is 7.25. The molecule has 0 spiro atoms. The maximum Gasteiger partial charge on any atom is 0.323 e. The Hall–Kier alpha value is -2.08. The highest BCUT2D eigenvalue weighted by atomic mass is 35.5. The van der Waals surface area contributed by atoms with E-state index in [0.29, 0.717) is 5.69 Å². The maximum atomic E-state index is 12.4. The Bertz CT molecular complexity index is 587. The number of carboxylic acid groups (broad SMARTS) is 1. The minimum atomic E-state index is -1.10. The lowest BCUT2D eigenvalue weighted by molar-refractivity contribution is -0.137. The summed E-state index contributed by atoms with van der Waals surface area (Å²) in [6.07, 6.45) is 0. The van der Waals surface area contributed by atoms with Crippen molar-refractivity contribution in [2.75, 3.05) is 18.4 Å². The summed E-state index contributed by atoms with van der Waals surface area (Å²) in [5.41, 5.74) is 0.601. The number of likely N-dealkylation sites (N-methyl/N-ethyl adjacent to an activating group) is 1. The van der Waals surface area contributed by atoms with Crippen LogP contribution >= 0.6 is 11.6 Å². The number of nitrogens with one attached hydrogen (secondary N) is 1. The summed E-state index contributed by atoms with van der Waals surface area (Å²) in [4.78, 5) is 36.0. The Morgan fingerprint density at radius 3 is 2.45 bits per heavy atom. The molecule has 1 aromatic rings. The van der Waals surface area contributed by atoms with Crippen LogP contribution in [0.5, 0.6) is 0 Å². The zero-order valence-corrected chi connectivity index (χ0v) is 13.5. The van der Waals surface area contributed by atoms with Gasteiger partial charge >= 0.3 is 5.97 Å². The van der Waals surface area contributed by atoms with Crippen molar-refractivity contribution in [3.8, 4) is 0 Å². The van der Waals surface area contributed by atoms with Gasteiger partial charge in [0.1, 0.15) is 6.54 Å². The highest BCUT2D eigenvalue weighted by Crippen LogP contribution is 2.22. The number of carboxylic acids is 1. The van der Waals surface area contributed by atoms with Gasteiger partial charge in [0.05, 0.1) is 10.6 Å². The molecular weight excluding hydrogens is 308 g/mol. The summed E-state index contributed by atoms with van der Waals surface area (Å²) in [6.45, 7) is 5.02. The molecule has 0 aliphatic rings. The van der Waals surface area contributed by atoms with Gasteiger partial charge in [-0.3, -0.25) is 14.4 Å². The normalized spacial score (nSPS) is 10.4. The van der Waals surface area contributed by atoms with Crippen molar-refractivity contribution in [2.24, 2.45) is 5.92 Å². The summed E-state index contributed by atoms with van der Waals surface area (Å²) in [5, 5.41) is 11.7. The molecule has 6 nitrogen and oxygen atoms in total. The van der Waals surface area contributed by atoms with Gasteiger partial charge in [-0.1, -0.05) is 25.4 Å². The molecule has 0 fully saturated rings. The smallest absolute Gasteiger partial charge is 0.323 e. The van der Waals surface area contributed by atoms with Crippen LogP contribution in [0.3, 0.4) is 0 Å². The quantitative estimate of drug-likeness (QED) is 0.840. The third-order valence-electron chi connectivity index (χ3n) is 2.98. The molecular formula is C15H19ClN2O4. The fourth-order valence-corrected chi connectivity index (χ4v) is 1.91. The molecule has 0 unspecified atom stereocenters. The number of carbonyl (C=O) groups is 3. The standard InChI is InChI=1S/C15H19ClN2O4/c1-4-18(8-13(19)20)15(22)11-7-10(5-6-12(11)16)17-14(21)9(2)3/h5-7,9H,4,8H2,1-3H3,(H,17,21)(H,19,20). The van der Waals surface area contributed by atoms with E-state index in [1.165, 1.54) is 12.1 Å². The second-order valence-electron chi connectivity index (χ2n) is 5.05. The van der Waals surface area contributed by atoms with Gasteiger partial charge in [0.15, 0.2) is 0 Å². The van der Waals surface area contributed by atoms with Crippen molar-refractivity contribution < 1.29 is 19.5 Å². The molecule has 7 heteroatoms. The first-order chi connectivity index (χ1) is 10.3. The molecule has 0 saturated carbocycles. The van der Waals surface area contributed by atoms with Crippen LogP contribution in [0.15, 0.2) is 18.2 Å². The Kier molecular flexibility index (Phi) is 6.37. The van der Waals surface area contributed by atoms with Crippen molar-refractivity contribution in [2.45, 2.75) is 20.8 Å². The third kappa shape index (κ3) is 4.73. The molecule has 0 atom stereocenters. The van der Waals surface area contributed by atoms with Crippen LogP contribution in [-0.2, 0) is 9.59 Å². The first kappa shape index (κ1) is 18.0. The van der Waals surface area contributed by atoms with Gasteiger partial charge in [-0.25, -0.2) is 0 Å². The SMILES string of the molecule is CCN(CC(=O)O)C(=O)c1cc(NC(=O)C(C)C)ccc1Cl. The number of hydrogen-bond donors (Lipinski definition) is 2. The number of benzene rings is 1. The monoisotopic (exact) mass is 326 g/mol. The Morgan fingerprint density at radius 1 is 1.32 bits per heavy atom. The van der Waals surface area contributed by atoms with Crippen molar-refractivity contribution in [3.05, 3.63) is 28.8 Å². The number of carbonyl (C=O) groups excluding carboxylic acids is 2. The summed E-state index contributed by atoms with van der Waals surface area (Å²) in [7, 11) is 0. The molecule has 2 amide bonds. The van der Waals surface area contributed by atoms with Crippen LogP contribution in [0.1, 0.15) is 31.1 Å². The molecule has 0 saturated heterocycles. The minimum absolute atomic E-state index is 0.159. The van der Waals surface area contributed by atoms with Crippen LogP contribution in [0.25, 0.3) is 0 Å². The number of amides is 2. The number of nitrogens with zero attached hydrogens (tertiary/aromatic N) is 1. The number of rotatable bonds is 6. The average molecular weight is 327 g/mol. The second kappa shape index (κ2) is 7.79. The minimum Gasteiger partial charge on any atom is -0.480 e. The summed E-state index contributed by atoms with van der Waals surface area (Å²) in [5.74, 6) is -1.97. The number of aliphatic carboxylic acids is 1. The zero-order valence-electron chi connectivity index (χ0n) is 12.7. The van der Waals surface area contributed by atoms with Gasteiger partial charge in [0.2, 0.25) is 5.91 Å². The van der Waals surface area contributed by atoms with Gasteiger partial charge in [-0.2, -0.15) is 0 Å². The van der Waals surface area contributed by atoms with E-state index in [1.807, 2.05) is 0 Å². The van der Waals surface area contributed by atoms with E-state index >= 15 is 0 Å². The van der Waals surface area contributed by atoms with E-state index in [0.717, 1.165) is 4.90 Å². The average Bonchev–Trinajstić information content (AvgIpc) is 2.45. The fraction of sp³-hybridized carbons (Fsp3) is 0.400. The molecule has 2 N–H and O–H groups in total. The Morgan fingerprint density at radius 2 is 1.95 bits per heavy atom. The van der Waals surface area contributed by atoms with E-state index < -0.39 is 18.4 Å². The Labute approximate surface area is 134 Å². The van der Waals surface area contributed by atoms with Gasteiger partial charge in [0.25, 0.3) is 5.91 Å². The van der Waals surface area contributed by atoms with Crippen LogP contribution < -0.4 is 5.32 Å². The third-order valence-corrected chi connectivity index (χ3v) is 3.31. The highest BCUT2D eigenvalue weighted by Gasteiger charge is 2.20. The van der Waals surface area contributed by atoms with Gasteiger partial charge < -0.3 is 15.3 Å². The van der Waals surface area contributed by atoms with E-state index in [9.17, 15) is 14.4 Å². The van der Waals surface area contributed by atoms with E-state index in [2.05, 4.69) is 5.32 Å². The fourth-order valence-electron chi connectivity index (χ4n) is 1.71. The highest BCUT2D eigenvalue weighted by molar-refractivity contribution is 6.34. The van der Waals surface area contributed by atoms with Gasteiger partial charge in [-0.05, 0) is 25.1 Å². The van der Waals surface area contributed by atoms with Crippen LogP contribution in [0, 0.1) is 5.92 Å².